The van der Waals surface area contributed by atoms with Gasteiger partial charge in [0.1, 0.15) is 5.01 Å². The Bertz CT molecular complexity index is 855. The van der Waals surface area contributed by atoms with Crippen LogP contribution in [0.2, 0.25) is 0 Å². The van der Waals surface area contributed by atoms with Crippen molar-refractivity contribution in [2.45, 2.75) is 25.3 Å². The number of aromatic nitrogens is 1. The summed E-state index contributed by atoms with van der Waals surface area (Å²) in [6, 6.07) is 12.8. The Morgan fingerprint density at radius 3 is 2.70 bits per heavy atom. The Morgan fingerprint density at radius 2 is 1.96 bits per heavy atom. The molecule has 1 saturated heterocycles. The fourth-order valence-electron chi connectivity index (χ4n) is 3.53. The molecule has 0 saturated carbocycles. The van der Waals surface area contributed by atoms with Crippen LogP contribution >= 0.6 is 22.7 Å². The molecule has 27 heavy (non-hydrogen) atoms. The molecule has 1 unspecified atom stereocenters. The second-order valence-electron chi connectivity index (χ2n) is 6.81. The van der Waals surface area contributed by atoms with Gasteiger partial charge in [-0.2, -0.15) is 11.3 Å². The summed E-state index contributed by atoms with van der Waals surface area (Å²) in [5.41, 5.74) is 3.25. The minimum absolute atomic E-state index is 0.0392. The molecule has 1 amide bonds. The van der Waals surface area contributed by atoms with E-state index in [4.69, 9.17) is 0 Å². The largest absolute Gasteiger partial charge is 0.354 e. The summed E-state index contributed by atoms with van der Waals surface area (Å²) in [5, 5.41) is 10.2. The van der Waals surface area contributed by atoms with Crippen LogP contribution in [-0.2, 0) is 11.2 Å². The second kappa shape index (κ2) is 8.78. The van der Waals surface area contributed by atoms with Crippen molar-refractivity contribution in [2.75, 3.05) is 19.6 Å². The molecular weight excluding hydrogens is 374 g/mol. The maximum absolute atomic E-state index is 12.5. The van der Waals surface area contributed by atoms with Crippen LogP contribution < -0.4 is 5.32 Å². The van der Waals surface area contributed by atoms with Gasteiger partial charge in [-0.1, -0.05) is 30.3 Å². The van der Waals surface area contributed by atoms with E-state index in [-0.39, 0.29) is 11.9 Å². The number of carbonyl (C=O) groups excluding carboxylic acids is 1. The highest BCUT2D eigenvalue weighted by Gasteiger charge is 2.23. The van der Waals surface area contributed by atoms with Crippen LogP contribution in [0.5, 0.6) is 0 Å². The lowest BCUT2D eigenvalue weighted by Crippen LogP contribution is -2.37. The van der Waals surface area contributed by atoms with E-state index in [0.29, 0.717) is 13.0 Å². The first-order valence-electron chi connectivity index (χ1n) is 9.32. The molecule has 4 rings (SSSR count). The van der Waals surface area contributed by atoms with E-state index in [0.717, 1.165) is 29.4 Å². The van der Waals surface area contributed by atoms with E-state index in [2.05, 4.69) is 50.9 Å². The maximum Gasteiger partial charge on any atom is 0.226 e. The summed E-state index contributed by atoms with van der Waals surface area (Å²) < 4.78 is 0. The summed E-state index contributed by atoms with van der Waals surface area (Å²) in [7, 11) is 0. The number of thiophene rings is 1. The van der Waals surface area contributed by atoms with Crippen LogP contribution in [0.25, 0.3) is 10.6 Å². The molecule has 4 nitrogen and oxygen atoms in total. The van der Waals surface area contributed by atoms with E-state index in [1.165, 1.54) is 18.4 Å². The Kier molecular flexibility index (Phi) is 5.97. The molecule has 3 heterocycles. The summed E-state index contributed by atoms with van der Waals surface area (Å²) in [4.78, 5) is 19.6. The van der Waals surface area contributed by atoms with Gasteiger partial charge in [0.05, 0.1) is 18.2 Å². The fourth-order valence-corrected chi connectivity index (χ4v) is 5.06. The first kappa shape index (κ1) is 18.3. The van der Waals surface area contributed by atoms with Crippen molar-refractivity contribution in [1.82, 2.24) is 15.2 Å². The van der Waals surface area contributed by atoms with Crippen LogP contribution in [0.4, 0.5) is 0 Å². The molecule has 0 radical (unpaired) electrons. The lowest BCUT2D eigenvalue weighted by molar-refractivity contribution is -0.120. The number of rotatable bonds is 7. The van der Waals surface area contributed by atoms with Gasteiger partial charge in [0.25, 0.3) is 0 Å². The third kappa shape index (κ3) is 4.64. The molecular formula is C21H23N3OS2. The van der Waals surface area contributed by atoms with Crippen molar-refractivity contribution in [1.29, 1.82) is 0 Å². The predicted molar refractivity (Wildman–Crippen MR) is 112 cm³/mol. The summed E-state index contributed by atoms with van der Waals surface area (Å²) in [5.74, 6) is 0.0392. The van der Waals surface area contributed by atoms with Crippen molar-refractivity contribution in [3.63, 3.8) is 0 Å². The van der Waals surface area contributed by atoms with Crippen molar-refractivity contribution >= 4 is 28.6 Å². The zero-order chi connectivity index (χ0) is 18.5. The van der Waals surface area contributed by atoms with Crippen molar-refractivity contribution < 1.29 is 4.79 Å². The summed E-state index contributed by atoms with van der Waals surface area (Å²) in [6.07, 6.45) is 2.81. The van der Waals surface area contributed by atoms with Crippen LogP contribution in [0.15, 0.2) is 52.5 Å². The number of nitrogens with zero attached hydrogens (tertiary/aromatic N) is 2. The van der Waals surface area contributed by atoms with E-state index < -0.39 is 0 Å². The van der Waals surface area contributed by atoms with Crippen molar-refractivity contribution in [2.24, 2.45) is 0 Å². The zero-order valence-corrected chi connectivity index (χ0v) is 16.8. The molecule has 1 aliphatic rings. The molecule has 0 bridgehead atoms. The third-order valence-electron chi connectivity index (χ3n) is 4.92. The Labute approximate surface area is 167 Å². The van der Waals surface area contributed by atoms with E-state index in [1.54, 1.807) is 22.7 Å². The van der Waals surface area contributed by atoms with Crippen molar-refractivity contribution in [3.05, 3.63) is 63.8 Å². The van der Waals surface area contributed by atoms with E-state index >= 15 is 0 Å². The van der Waals surface area contributed by atoms with Crippen LogP contribution in [0, 0.1) is 0 Å². The highest BCUT2D eigenvalue weighted by Crippen LogP contribution is 2.26. The van der Waals surface area contributed by atoms with Gasteiger partial charge in [-0.3, -0.25) is 9.69 Å². The molecule has 0 spiro atoms. The summed E-state index contributed by atoms with van der Waals surface area (Å²) >= 11 is 3.26. The second-order valence-corrected chi connectivity index (χ2v) is 8.44. The lowest BCUT2D eigenvalue weighted by Gasteiger charge is -2.28. The number of likely N-dealkylation sites (tertiary alicyclic amines) is 1. The molecule has 1 N–H and O–H groups in total. The molecule has 1 aliphatic heterocycles. The van der Waals surface area contributed by atoms with Gasteiger partial charge in [-0.15, -0.1) is 11.3 Å². The van der Waals surface area contributed by atoms with Gasteiger partial charge in [0.15, 0.2) is 0 Å². The molecule has 1 fully saturated rings. The first-order chi connectivity index (χ1) is 13.3. The number of nitrogens with one attached hydrogen (secondary N) is 1. The minimum Gasteiger partial charge on any atom is -0.354 e. The molecule has 6 heteroatoms. The maximum atomic E-state index is 12.5. The van der Waals surface area contributed by atoms with Crippen molar-refractivity contribution in [3.8, 4) is 10.6 Å². The third-order valence-corrected chi connectivity index (χ3v) is 6.54. The SMILES string of the molecule is O=C(Cc1csc(-c2ccsc2)n1)NCC(c1ccccc1)N1CCCC1. The topological polar surface area (TPSA) is 45.2 Å². The monoisotopic (exact) mass is 397 g/mol. The average molecular weight is 398 g/mol. The number of hydrogen-bond acceptors (Lipinski definition) is 5. The highest BCUT2D eigenvalue weighted by molar-refractivity contribution is 7.14. The number of carbonyl (C=O) groups is 1. The molecule has 140 valence electrons. The number of benzene rings is 1. The normalized spacial score (nSPS) is 15.7. The van der Waals surface area contributed by atoms with Crippen LogP contribution in [-0.4, -0.2) is 35.4 Å². The number of hydrogen-bond donors (Lipinski definition) is 1. The first-order valence-corrected chi connectivity index (χ1v) is 11.1. The van der Waals surface area contributed by atoms with E-state index in [1.807, 2.05) is 16.8 Å². The summed E-state index contributed by atoms with van der Waals surface area (Å²) in [6.45, 7) is 2.85. The van der Waals surface area contributed by atoms with Gasteiger partial charge < -0.3 is 5.32 Å². The quantitative estimate of drug-likeness (QED) is 0.644. The predicted octanol–water partition coefficient (Wildman–Crippen LogP) is 4.37. The van der Waals surface area contributed by atoms with Gasteiger partial charge in [-0.05, 0) is 42.9 Å². The lowest BCUT2D eigenvalue weighted by atomic mass is 10.1. The molecule has 2 aromatic heterocycles. The average Bonchev–Trinajstić information content (AvgIpc) is 3.45. The van der Waals surface area contributed by atoms with Gasteiger partial charge in [-0.25, -0.2) is 4.98 Å². The molecule has 1 aromatic carbocycles. The smallest absolute Gasteiger partial charge is 0.226 e. The number of thiazole rings is 1. The molecule has 3 aromatic rings. The molecule has 0 aliphatic carbocycles. The highest BCUT2D eigenvalue weighted by atomic mass is 32.1. The van der Waals surface area contributed by atoms with Crippen LogP contribution in [0.1, 0.15) is 30.1 Å². The minimum atomic E-state index is 0.0392. The Morgan fingerprint density at radius 1 is 1.15 bits per heavy atom. The zero-order valence-electron chi connectivity index (χ0n) is 15.1. The van der Waals surface area contributed by atoms with Gasteiger partial charge in [0, 0.05) is 22.9 Å². The standard InChI is InChI=1S/C21H23N3OS2/c25-20(12-18-15-27-21(23-18)17-8-11-26-14-17)22-13-19(24-9-4-5-10-24)16-6-2-1-3-7-16/h1-3,6-8,11,14-15,19H,4-5,9-10,12-13H2,(H,22,25). The number of amides is 1. The molecule has 1 atom stereocenters. The fraction of sp³-hybridized carbons (Fsp3) is 0.333. The van der Waals surface area contributed by atoms with E-state index in [9.17, 15) is 4.79 Å². The van der Waals surface area contributed by atoms with Crippen LogP contribution in [0.3, 0.4) is 0 Å². The van der Waals surface area contributed by atoms with Gasteiger partial charge in [0.2, 0.25) is 5.91 Å². The van der Waals surface area contributed by atoms with Gasteiger partial charge >= 0.3 is 0 Å². The Balaban J connectivity index is 1.37. The Hall–Kier alpha value is -2.02.